The van der Waals surface area contributed by atoms with Crippen molar-refractivity contribution in [2.45, 2.75) is 9.79 Å². The second-order valence-corrected chi connectivity index (χ2v) is 8.24. The maximum absolute atomic E-state index is 12.3. The standard InChI is InChI=1S/C20H18N2O3S2/c1-26-18-13-11-16(12-14-18)21-20(23)15-7-9-17(10-8-15)22-27(24,25)19-5-3-2-4-6-19/h2-14,22H,1H3,(H,21,23). The summed E-state index contributed by atoms with van der Waals surface area (Å²) in [6, 6.07) is 21.9. The summed E-state index contributed by atoms with van der Waals surface area (Å²) in [5, 5.41) is 2.82. The van der Waals surface area contributed by atoms with Crippen molar-refractivity contribution in [2.24, 2.45) is 0 Å². The Bertz CT molecular complexity index is 1020. The minimum absolute atomic E-state index is 0.181. The average Bonchev–Trinajstić information content (AvgIpc) is 2.69. The van der Waals surface area contributed by atoms with Gasteiger partial charge >= 0.3 is 0 Å². The molecule has 27 heavy (non-hydrogen) atoms. The first-order chi connectivity index (χ1) is 13.0. The minimum atomic E-state index is -3.65. The van der Waals surface area contributed by atoms with Gasteiger partial charge in [0, 0.05) is 21.8 Å². The van der Waals surface area contributed by atoms with Crippen molar-refractivity contribution < 1.29 is 13.2 Å². The van der Waals surface area contributed by atoms with Gasteiger partial charge in [0.1, 0.15) is 0 Å². The lowest BCUT2D eigenvalue weighted by atomic mass is 10.2. The van der Waals surface area contributed by atoms with Crippen molar-refractivity contribution in [1.82, 2.24) is 0 Å². The van der Waals surface area contributed by atoms with E-state index in [9.17, 15) is 13.2 Å². The first-order valence-corrected chi connectivity index (χ1v) is 10.8. The molecule has 0 spiro atoms. The zero-order chi connectivity index (χ0) is 19.3. The van der Waals surface area contributed by atoms with E-state index in [4.69, 9.17) is 0 Å². The van der Waals surface area contributed by atoms with E-state index < -0.39 is 10.0 Å². The summed E-state index contributed by atoms with van der Waals surface area (Å²) in [6.45, 7) is 0. The summed E-state index contributed by atoms with van der Waals surface area (Å²) in [5.74, 6) is -0.260. The minimum Gasteiger partial charge on any atom is -0.322 e. The van der Waals surface area contributed by atoms with Gasteiger partial charge in [-0.15, -0.1) is 11.8 Å². The molecule has 0 aliphatic carbocycles. The molecule has 0 atom stereocenters. The number of anilines is 2. The Hall–Kier alpha value is -2.77. The number of sulfonamides is 1. The summed E-state index contributed by atoms with van der Waals surface area (Å²) < 4.78 is 27.1. The fourth-order valence-corrected chi connectivity index (χ4v) is 3.87. The molecule has 0 saturated heterocycles. The fourth-order valence-electron chi connectivity index (χ4n) is 2.38. The van der Waals surface area contributed by atoms with Gasteiger partial charge in [-0.3, -0.25) is 9.52 Å². The van der Waals surface area contributed by atoms with Gasteiger partial charge in [-0.25, -0.2) is 8.42 Å². The average molecular weight is 399 g/mol. The third-order valence-electron chi connectivity index (χ3n) is 3.80. The summed E-state index contributed by atoms with van der Waals surface area (Å²) in [6.07, 6.45) is 1.99. The van der Waals surface area contributed by atoms with E-state index in [1.165, 1.54) is 12.1 Å². The van der Waals surface area contributed by atoms with Crippen LogP contribution in [-0.4, -0.2) is 20.6 Å². The molecule has 0 fully saturated rings. The largest absolute Gasteiger partial charge is 0.322 e. The Morgan fingerprint density at radius 1 is 0.815 bits per heavy atom. The molecular weight excluding hydrogens is 380 g/mol. The van der Waals surface area contributed by atoms with Crippen LogP contribution in [0.4, 0.5) is 11.4 Å². The Balaban J connectivity index is 1.68. The quantitative estimate of drug-likeness (QED) is 0.601. The van der Waals surface area contributed by atoms with Crippen LogP contribution in [0.5, 0.6) is 0 Å². The number of amides is 1. The van der Waals surface area contributed by atoms with Crippen LogP contribution in [0.25, 0.3) is 0 Å². The maximum atomic E-state index is 12.3. The van der Waals surface area contributed by atoms with Gasteiger partial charge in [0.05, 0.1) is 4.90 Å². The van der Waals surface area contributed by atoms with E-state index in [1.54, 1.807) is 54.2 Å². The molecule has 5 nitrogen and oxygen atoms in total. The Kier molecular flexibility index (Phi) is 5.83. The zero-order valence-corrected chi connectivity index (χ0v) is 16.2. The van der Waals surface area contributed by atoms with Gasteiger partial charge in [-0.2, -0.15) is 0 Å². The van der Waals surface area contributed by atoms with Crippen molar-refractivity contribution in [3.63, 3.8) is 0 Å². The van der Waals surface area contributed by atoms with Crippen LogP contribution in [0.3, 0.4) is 0 Å². The fraction of sp³-hybridized carbons (Fsp3) is 0.0500. The molecule has 0 aliphatic heterocycles. The number of carbonyl (C=O) groups is 1. The van der Waals surface area contributed by atoms with E-state index in [2.05, 4.69) is 10.0 Å². The maximum Gasteiger partial charge on any atom is 0.261 e. The SMILES string of the molecule is CSc1ccc(NC(=O)c2ccc(NS(=O)(=O)c3ccccc3)cc2)cc1. The lowest BCUT2D eigenvalue weighted by Gasteiger charge is -2.09. The van der Waals surface area contributed by atoms with E-state index >= 15 is 0 Å². The smallest absolute Gasteiger partial charge is 0.261 e. The molecule has 138 valence electrons. The second-order valence-electron chi connectivity index (χ2n) is 5.68. The highest BCUT2D eigenvalue weighted by atomic mass is 32.2. The van der Waals surface area contributed by atoms with Gasteiger partial charge in [0.15, 0.2) is 0 Å². The molecule has 0 saturated carbocycles. The number of hydrogen-bond donors (Lipinski definition) is 2. The van der Waals surface area contributed by atoms with Crippen LogP contribution in [0.2, 0.25) is 0 Å². The number of rotatable bonds is 6. The van der Waals surface area contributed by atoms with E-state index in [1.807, 2.05) is 30.5 Å². The van der Waals surface area contributed by atoms with Crippen LogP contribution in [0.15, 0.2) is 88.7 Å². The van der Waals surface area contributed by atoms with Crippen molar-refractivity contribution in [2.75, 3.05) is 16.3 Å². The van der Waals surface area contributed by atoms with Crippen LogP contribution >= 0.6 is 11.8 Å². The predicted octanol–water partition coefficient (Wildman–Crippen LogP) is 4.46. The molecule has 2 N–H and O–H groups in total. The number of benzene rings is 3. The molecule has 0 aliphatic rings. The van der Waals surface area contributed by atoms with E-state index in [0.717, 1.165) is 4.90 Å². The number of hydrogen-bond acceptors (Lipinski definition) is 4. The van der Waals surface area contributed by atoms with Crippen molar-refractivity contribution in [3.05, 3.63) is 84.4 Å². The number of nitrogens with one attached hydrogen (secondary N) is 2. The molecule has 7 heteroatoms. The Morgan fingerprint density at radius 3 is 2.00 bits per heavy atom. The van der Waals surface area contributed by atoms with Crippen LogP contribution in [0, 0.1) is 0 Å². The summed E-state index contributed by atoms with van der Waals surface area (Å²) in [4.78, 5) is 13.6. The molecule has 3 rings (SSSR count). The van der Waals surface area contributed by atoms with Crippen LogP contribution in [-0.2, 0) is 10.0 Å². The predicted molar refractivity (Wildman–Crippen MR) is 110 cm³/mol. The molecule has 0 bridgehead atoms. The molecule has 0 radical (unpaired) electrons. The summed E-state index contributed by atoms with van der Waals surface area (Å²) in [5.41, 5.74) is 1.53. The van der Waals surface area contributed by atoms with Gasteiger partial charge < -0.3 is 5.32 Å². The molecule has 0 heterocycles. The van der Waals surface area contributed by atoms with Crippen molar-refractivity contribution in [1.29, 1.82) is 0 Å². The second kappa shape index (κ2) is 8.28. The third-order valence-corrected chi connectivity index (χ3v) is 5.94. The number of thioether (sulfide) groups is 1. The van der Waals surface area contributed by atoms with Crippen LogP contribution < -0.4 is 10.0 Å². The Labute approximate surface area is 162 Å². The summed E-state index contributed by atoms with van der Waals surface area (Å²) >= 11 is 1.63. The first kappa shape index (κ1) is 19.0. The topological polar surface area (TPSA) is 75.3 Å². The van der Waals surface area contributed by atoms with Gasteiger partial charge in [-0.05, 0) is 66.9 Å². The highest BCUT2D eigenvalue weighted by Crippen LogP contribution is 2.19. The molecule has 3 aromatic carbocycles. The molecule has 3 aromatic rings. The van der Waals surface area contributed by atoms with Gasteiger partial charge in [0.2, 0.25) is 0 Å². The van der Waals surface area contributed by atoms with Crippen molar-refractivity contribution >= 4 is 39.1 Å². The molecule has 1 amide bonds. The Morgan fingerprint density at radius 2 is 1.41 bits per heavy atom. The van der Waals surface area contributed by atoms with Gasteiger partial charge in [-0.1, -0.05) is 18.2 Å². The van der Waals surface area contributed by atoms with E-state index in [-0.39, 0.29) is 10.8 Å². The van der Waals surface area contributed by atoms with Gasteiger partial charge in [0.25, 0.3) is 15.9 Å². The zero-order valence-electron chi connectivity index (χ0n) is 14.5. The molecular formula is C20H18N2O3S2. The highest BCUT2D eigenvalue weighted by Gasteiger charge is 2.14. The van der Waals surface area contributed by atoms with Crippen LogP contribution in [0.1, 0.15) is 10.4 Å². The lowest BCUT2D eigenvalue weighted by Crippen LogP contribution is -2.14. The monoisotopic (exact) mass is 398 g/mol. The lowest BCUT2D eigenvalue weighted by molar-refractivity contribution is 0.102. The molecule has 0 unspecified atom stereocenters. The third kappa shape index (κ3) is 4.90. The normalized spacial score (nSPS) is 11.0. The first-order valence-electron chi connectivity index (χ1n) is 8.11. The van der Waals surface area contributed by atoms with Crippen molar-refractivity contribution in [3.8, 4) is 0 Å². The summed E-state index contributed by atoms with van der Waals surface area (Å²) in [7, 11) is -3.65. The highest BCUT2D eigenvalue weighted by molar-refractivity contribution is 7.98. The molecule has 0 aromatic heterocycles. The van der Waals surface area contributed by atoms with E-state index in [0.29, 0.717) is 16.9 Å². The number of carbonyl (C=O) groups excluding carboxylic acids is 1.